The first-order valence-electron chi connectivity index (χ1n) is 7.43. The molecule has 0 bridgehead atoms. The molecule has 2 aliphatic rings. The van der Waals surface area contributed by atoms with Crippen LogP contribution < -0.4 is 4.90 Å². The van der Waals surface area contributed by atoms with Gasteiger partial charge in [-0.2, -0.15) is 5.26 Å². The van der Waals surface area contributed by atoms with E-state index in [1.165, 1.54) is 16.1 Å². The quantitative estimate of drug-likeness (QED) is 0.809. The van der Waals surface area contributed by atoms with Crippen LogP contribution in [0.15, 0.2) is 30.5 Å². The van der Waals surface area contributed by atoms with E-state index in [-0.39, 0.29) is 6.04 Å². The first-order chi connectivity index (χ1) is 10.2. The van der Waals surface area contributed by atoms with Crippen molar-refractivity contribution in [3.8, 4) is 6.07 Å². The second kappa shape index (κ2) is 4.57. The summed E-state index contributed by atoms with van der Waals surface area (Å²) in [5, 5.41) is 11.1. The fourth-order valence-electron chi connectivity index (χ4n) is 3.87. The highest BCUT2D eigenvalue weighted by molar-refractivity contribution is 7.11. The SMILES string of the molecule is Cc1cnc([C@]2(C#N)Cc3ccccc3N3CCC[C@H]32)s1. The van der Waals surface area contributed by atoms with Crippen molar-refractivity contribution in [1.82, 2.24) is 4.98 Å². The predicted octanol–water partition coefficient (Wildman–Crippen LogP) is 3.44. The second-order valence-electron chi connectivity index (χ2n) is 6.02. The Morgan fingerprint density at radius 3 is 3.05 bits per heavy atom. The summed E-state index contributed by atoms with van der Waals surface area (Å²) < 4.78 is 0. The van der Waals surface area contributed by atoms with Gasteiger partial charge >= 0.3 is 0 Å². The van der Waals surface area contributed by atoms with Crippen LogP contribution in [0.4, 0.5) is 5.69 Å². The number of hydrogen-bond donors (Lipinski definition) is 0. The lowest BCUT2D eigenvalue weighted by atomic mass is 9.72. The van der Waals surface area contributed by atoms with Crippen LogP contribution >= 0.6 is 11.3 Å². The Balaban J connectivity index is 1.91. The molecular weight excluding hydrogens is 278 g/mol. The molecule has 4 heteroatoms. The number of benzene rings is 1. The van der Waals surface area contributed by atoms with E-state index in [4.69, 9.17) is 0 Å². The normalized spacial score (nSPS) is 27.0. The third-order valence-corrected chi connectivity index (χ3v) is 5.88. The number of aromatic nitrogens is 1. The Morgan fingerprint density at radius 2 is 2.29 bits per heavy atom. The van der Waals surface area contributed by atoms with E-state index < -0.39 is 5.41 Å². The Bertz CT molecular complexity index is 730. The minimum absolute atomic E-state index is 0.267. The van der Waals surface area contributed by atoms with Crippen molar-refractivity contribution in [1.29, 1.82) is 5.26 Å². The van der Waals surface area contributed by atoms with Crippen LogP contribution in [0.25, 0.3) is 0 Å². The lowest BCUT2D eigenvalue weighted by molar-refractivity contribution is 0.408. The monoisotopic (exact) mass is 295 g/mol. The van der Waals surface area contributed by atoms with Gasteiger partial charge in [0.2, 0.25) is 0 Å². The number of hydrogen-bond acceptors (Lipinski definition) is 4. The number of rotatable bonds is 1. The molecule has 2 atom stereocenters. The van der Waals surface area contributed by atoms with Crippen LogP contribution in [0.1, 0.15) is 28.3 Å². The summed E-state index contributed by atoms with van der Waals surface area (Å²) in [6.07, 6.45) is 4.93. The fourth-order valence-corrected chi connectivity index (χ4v) is 4.82. The number of para-hydroxylation sites is 1. The Labute approximate surface area is 128 Å². The van der Waals surface area contributed by atoms with Crippen LogP contribution in [0, 0.1) is 18.3 Å². The van der Waals surface area contributed by atoms with Crippen molar-refractivity contribution in [3.63, 3.8) is 0 Å². The molecule has 0 saturated carbocycles. The van der Waals surface area contributed by atoms with Crippen LogP contribution in [0.2, 0.25) is 0 Å². The van der Waals surface area contributed by atoms with Crippen molar-refractivity contribution in [2.75, 3.05) is 11.4 Å². The molecule has 1 aromatic heterocycles. The van der Waals surface area contributed by atoms with Gasteiger partial charge in [-0.3, -0.25) is 0 Å². The van der Waals surface area contributed by atoms with E-state index in [9.17, 15) is 5.26 Å². The maximum absolute atomic E-state index is 10.1. The molecule has 1 saturated heterocycles. The first-order valence-corrected chi connectivity index (χ1v) is 8.25. The highest BCUT2D eigenvalue weighted by Crippen LogP contribution is 2.47. The third kappa shape index (κ3) is 1.74. The number of thiazole rings is 1. The number of nitrogens with zero attached hydrogens (tertiary/aromatic N) is 3. The average molecular weight is 295 g/mol. The lowest BCUT2D eigenvalue weighted by Crippen LogP contribution is -2.51. The van der Waals surface area contributed by atoms with Crippen molar-refractivity contribution in [2.24, 2.45) is 0 Å². The minimum atomic E-state index is -0.482. The van der Waals surface area contributed by atoms with Gasteiger partial charge in [-0.25, -0.2) is 4.98 Å². The van der Waals surface area contributed by atoms with Gasteiger partial charge in [0, 0.05) is 29.7 Å². The maximum Gasteiger partial charge on any atom is 0.133 e. The number of nitriles is 1. The molecule has 0 aliphatic carbocycles. The summed E-state index contributed by atoms with van der Waals surface area (Å²) in [7, 11) is 0. The van der Waals surface area contributed by atoms with Crippen LogP contribution in [-0.2, 0) is 11.8 Å². The summed E-state index contributed by atoms with van der Waals surface area (Å²) in [6, 6.07) is 11.5. The molecule has 3 nitrogen and oxygen atoms in total. The van der Waals surface area contributed by atoms with Crippen LogP contribution in [-0.4, -0.2) is 17.6 Å². The van der Waals surface area contributed by atoms with Gasteiger partial charge < -0.3 is 4.90 Å². The molecule has 3 heterocycles. The zero-order chi connectivity index (χ0) is 14.4. The highest BCUT2D eigenvalue weighted by Gasteiger charge is 2.51. The highest BCUT2D eigenvalue weighted by atomic mass is 32.1. The molecule has 0 unspecified atom stereocenters. The van der Waals surface area contributed by atoms with Gasteiger partial charge in [-0.1, -0.05) is 18.2 Å². The Morgan fingerprint density at radius 1 is 1.43 bits per heavy atom. The average Bonchev–Trinajstić information content (AvgIpc) is 3.15. The Kier molecular flexibility index (Phi) is 2.80. The molecule has 2 aromatic rings. The molecule has 0 amide bonds. The van der Waals surface area contributed by atoms with Gasteiger partial charge in [-0.05, 0) is 31.4 Å². The first kappa shape index (κ1) is 12.8. The van der Waals surface area contributed by atoms with Crippen LogP contribution in [0.3, 0.4) is 0 Å². The fraction of sp³-hybridized carbons (Fsp3) is 0.412. The van der Waals surface area contributed by atoms with Gasteiger partial charge in [-0.15, -0.1) is 11.3 Å². The largest absolute Gasteiger partial charge is 0.366 e. The van der Waals surface area contributed by atoms with E-state index in [1.807, 2.05) is 6.20 Å². The maximum atomic E-state index is 10.1. The standard InChI is InChI=1S/C17H17N3S/c1-12-10-19-16(21-12)17(11-18)9-13-5-2-3-6-14(13)20-8-4-7-15(17)20/h2-3,5-6,10,15H,4,7-9H2,1H3/t15-,17-/m0/s1. The van der Waals surface area contributed by atoms with Gasteiger partial charge in [0.05, 0.1) is 12.1 Å². The topological polar surface area (TPSA) is 39.9 Å². The van der Waals surface area contributed by atoms with Crippen molar-refractivity contribution in [3.05, 3.63) is 45.9 Å². The second-order valence-corrected chi connectivity index (χ2v) is 7.25. The lowest BCUT2D eigenvalue weighted by Gasteiger charge is -2.43. The van der Waals surface area contributed by atoms with Gasteiger partial charge in [0.1, 0.15) is 10.4 Å². The predicted molar refractivity (Wildman–Crippen MR) is 84.7 cm³/mol. The van der Waals surface area contributed by atoms with E-state index in [0.29, 0.717) is 0 Å². The summed E-state index contributed by atoms with van der Waals surface area (Å²) in [5.41, 5.74) is 2.12. The summed E-state index contributed by atoms with van der Waals surface area (Å²) in [4.78, 5) is 8.21. The number of anilines is 1. The van der Waals surface area contributed by atoms with E-state index in [1.54, 1.807) is 11.3 Å². The molecule has 4 rings (SSSR count). The zero-order valence-corrected chi connectivity index (χ0v) is 12.9. The molecule has 0 N–H and O–H groups in total. The van der Waals surface area contributed by atoms with Crippen LogP contribution in [0.5, 0.6) is 0 Å². The smallest absolute Gasteiger partial charge is 0.133 e. The van der Waals surface area contributed by atoms with Gasteiger partial charge in [0.15, 0.2) is 0 Å². The number of aryl methyl sites for hydroxylation is 1. The number of fused-ring (bicyclic) bond motifs is 3. The van der Waals surface area contributed by atoms with E-state index in [0.717, 1.165) is 30.8 Å². The van der Waals surface area contributed by atoms with Crippen molar-refractivity contribution >= 4 is 17.0 Å². The summed E-state index contributed by atoms with van der Waals surface area (Å²) in [6.45, 7) is 3.12. The molecule has 2 aliphatic heterocycles. The van der Waals surface area contributed by atoms with E-state index in [2.05, 4.69) is 47.1 Å². The third-order valence-electron chi connectivity index (χ3n) is 4.79. The van der Waals surface area contributed by atoms with Crippen molar-refractivity contribution in [2.45, 2.75) is 37.6 Å². The molecule has 106 valence electrons. The Hall–Kier alpha value is -1.86. The molecule has 0 spiro atoms. The molecule has 1 fully saturated rings. The molecule has 21 heavy (non-hydrogen) atoms. The molecule has 0 radical (unpaired) electrons. The van der Waals surface area contributed by atoms with E-state index >= 15 is 0 Å². The van der Waals surface area contributed by atoms with Crippen molar-refractivity contribution < 1.29 is 0 Å². The van der Waals surface area contributed by atoms with Gasteiger partial charge in [0.25, 0.3) is 0 Å². The summed E-state index contributed by atoms with van der Waals surface area (Å²) >= 11 is 1.68. The minimum Gasteiger partial charge on any atom is -0.366 e. The summed E-state index contributed by atoms with van der Waals surface area (Å²) in [5.74, 6) is 0. The molecule has 1 aromatic carbocycles. The molecular formula is C17H17N3S. The zero-order valence-electron chi connectivity index (χ0n) is 12.0.